The van der Waals surface area contributed by atoms with Gasteiger partial charge in [0.2, 0.25) is 0 Å². The molecular weight excluding hydrogens is 382 g/mol. The van der Waals surface area contributed by atoms with Gasteiger partial charge in [-0.2, -0.15) is 0 Å². The molecule has 30 heavy (non-hydrogen) atoms. The molecule has 0 unspecified atom stereocenters. The number of nitrogens with zero attached hydrogens (tertiary/aromatic N) is 2. The van der Waals surface area contributed by atoms with Crippen molar-refractivity contribution in [3.63, 3.8) is 0 Å². The van der Waals surface area contributed by atoms with Crippen LogP contribution in [-0.4, -0.2) is 56.8 Å². The van der Waals surface area contributed by atoms with Crippen molar-refractivity contribution in [2.45, 2.75) is 6.92 Å². The molecule has 1 aliphatic heterocycles. The summed E-state index contributed by atoms with van der Waals surface area (Å²) in [5.74, 6) is 0.467. The highest BCUT2D eigenvalue weighted by Crippen LogP contribution is 2.28. The number of nitrogens with one attached hydrogen (secondary N) is 1. The molecule has 0 atom stereocenters. The molecule has 2 aromatic carbocycles. The Hall–Kier alpha value is -3.48. The van der Waals surface area contributed by atoms with E-state index in [-0.39, 0.29) is 12.0 Å². The Morgan fingerprint density at radius 2 is 1.73 bits per heavy atom. The van der Waals surface area contributed by atoms with Crippen LogP contribution in [0.25, 0.3) is 6.08 Å². The second kappa shape index (κ2) is 10.3. The third-order valence-electron chi connectivity index (χ3n) is 4.85. The van der Waals surface area contributed by atoms with Gasteiger partial charge in [-0.15, -0.1) is 0 Å². The molecule has 158 valence electrons. The molecule has 1 fully saturated rings. The van der Waals surface area contributed by atoms with E-state index in [1.807, 2.05) is 48.5 Å². The zero-order chi connectivity index (χ0) is 21.3. The largest absolute Gasteiger partial charge is 0.495 e. The van der Waals surface area contributed by atoms with Crippen LogP contribution >= 0.6 is 0 Å². The fourth-order valence-electron chi connectivity index (χ4n) is 3.28. The average molecular weight is 409 g/mol. The fourth-order valence-corrected chi connectivity index (χ4v) is 3.28. The minimum Gasteiger partial charge on any atom is -0.495 e. The summed E-state index contributed by atoms with van der Waals surface area (Å²) in [6.07, 6.45) is 3.07. The minimum atomic E-state index is -0.373. The number of rotatable bonds is 6. The molecule has 1 aliphatic rings. The van der Waals surface area contributed by atoms with Crippen LogP contribution in [0.2, 0.25) is 0 Å². The lowest BCUT2D eigenvalue weighted by Gasteiger charge is -2.36. The van der Waals surface area contributed by atoms with Crippen LogP contribution < -0.4 is 15.0 Å². The number of carbonyl (C=O) groups excluding carboxylic acids is 2. The summed E-state index contributed by atoms with van der Waals surface area (Å²) in [5, 5.41) is 2.93. The predicted molar refractivity (Wildman–Crippen MR) is 118 cm³/mol. The topological polar surface area (TPSA) is 71.1 Å². The zero-order valence-corrected chi connectivity index (χ0v) is 17.3. The van der Waals surface area contributed by atoms with Crippen LogP contribution in [0.3, 0.4) is 0 Å². The van der Waals surface area contributed by atoms with E-state index in [0.717, 1.165) is 30.1 Å². The van der Waals surface area contributed by atoms with E-state index >= 15 is 0 Å². The van der Waals surface area contributed by atoms with Gasteiger partial charge in [-0.05, 0) is 42.8 Å². The van der Waals surface area contributed by atoms with Gasteiger partial charge in [0.1, 0.15) is 5.75 Å². The van der Waals surface area contributed by atoms with E-state index in [1.54, 1.807) is 25.0 Å². The van der Waals surface area contributed by atoms with Crippen LogP contribution in [0.4, 0.5) is 16.2 Å². The minimum absolute atomic E-state index is 0.121. The van der Waals surface area contributed by atoms with Gasteiger partial charge in [-0.3, -0.25) is 0 Å². The van der Waals surface area contributed by atoms with Gasteiger partial charge < -0.3 is 24.6 Å². The van der Waals surface area contributed by atoms with E-state index in [1.165, 1.54) is 6.08 Å². The van der Waals surface area contributed by atoms with Crippen LogP contribution in [-0.2, 0) is 9.53 Å². The van der Waals surface area contributed by atoms with Crippen LogP contribution in [0.1, 0.15) is 12.5 Å². The molecule has 0 radical (unpaired) electrons. The molecule has 0 bridgehead atoms. The zero-order valence-electron chi connectivity index (χ0n) is 17.3. The highest BCUT2D eigenvalue weighted by Gasteiger charge is 2.22. The third kappa shape index (κ3) is 5.53. The summed E-state index contributed by atoms with van der Waals surface area (Å²) in [7, 11) is 1.67. The number of methoxy groups -OCH3 is 1. The van der Waals surface area contributed by atoms with Gasteiger partial charge in [0, 0.05) is 37.9 Å². The average Bonchev–Trinajstić information content (AvgIpc) is 2.79. The van der Waals surface area contributed by atoms with Crippen LogP contribution in [0, 0.1) is 0 Å². The first-order chi connectivity index (χ1) is 14.6. The second-order valence-electron chi connectivity index (χ2n) is 6.78. The van der Waals surface area contributed by atoms with E-state index in [2.05, 4.69) is 10.2 Å². The number of carbonyl (C=O) groups is 2. The monoisotopic (exact) mass is 409 g/mol. The highest BCUT2D eigenvalue weighted by molar-refractivity contribution is 5.90. The first kappa shape index (κ1) is 21.2. The van der Waals surface area contributed by atoms with Crippen LogP contribution in [0.5, 0.6) is 5.75 Å². The van der Waals surface area contributed by atoms with Gasteiger partial charge in [0.15, 0.2) is 0 Å². The number of anilines is 2. The maximum atomic E-state index is 12.6. The Kier molecular flexibility index (Phi) is 7.32. The number of ether oxygens (including phenoxy) is 2. The van der Waals surface area contributed by atoms with Crippen molar-refractivity contribution >= 4 is 29.5 Å². The summed E-state index contributed by atoms with van der Waals surface area (Å²) in [6.45, 7) is 4.86. The molecule has 0 saturated carbocycles. The number of amides is 2. The Morgan fingerprint density at radius 3 is 2.40 bits per heavy atom. The molecule has 1 N–H and O–H groups in total. The van der Waals surface area contributed by atoms with Crippen molar-refractivity contribution in [3.8, 4) is 5.75 Å². The number of hydrogen-bond acceptors (Lipinski definition) is 5. The molecule has 1 heterocycles. The Balaban J connectivity index is 1.51. The highest BCUT2D eigenvalue weighted by atomic mass is 16.5. The summed E-state index contributed by atoms with van der Waals surface area (Å²) >= 11 is 0. The standard InChI is InChI=1S/C23H27N3O4/c1-3-30-22(27)13-10-18-8-11-19(12-9-18)24-23(28)26-16-14-25(15-17-26)20-6-4-5-7-21(20)29-2/h4-13H,3,14-17H2,1-2H3,(H,24,28)/b13-10-. The lowest BCUT2D eigenvalue weighted by atomic mass is 10.2. The van der Waals surface area contributed by atoms with E-state index < -0.39 is 0 Å². The van der Waals surface area contributed by atoms with E-state index in [4.69, 9.17) is 9.47 Å². The lowest BCUT2D eigenvalue weighted by Crippen LogP contribution is -2.50. The fraction of sp³-hybridized carbons (Fsp3) is 0.304. The molecule has 2 aromatic rings. The van der Waals surface area contributed by atoms with Crippen molar-refractivity contribution < 1.29 is 19.1 Å². The van der Waals surface area contributed by atoms with Gasteiger partial charge in [-0.25, -0.2) is 9.59 Å². The van der Waals surface area contributed by atoms with Gasteiger partial charge >= 0.3 is 12.0 Å². The number of urea groups is 1. The normalized spacial score (nSPS) is 13.9. The lowest BCUT2D eigenvalue weighted by molar-refractivity contribution is -0.137. The molecular formula is C23H27N3O4. The maximum absolute atomic E-state index is 12.6. The molecule has 0 aromatic heterocycles. The molecule has 7 nitrogen and oxygen atoms in total. The number of esters is 1. The number of benzene rings is 2. The molecule has 0 aliphatic carbocycles. The van der Waals surface area contributed by atoms with Gasteiger partial charge in [-0.1, -0.05) is 24.3 Å². The summed E-state index contributed by atoms with van der Waals surface area (Å²) in [4.78, 5) is 28.0. The molecule has 7 heteroatoms. The predicted octanol–water partition coefficient (Wildman–Crippen LogP) is 3.63. The first-order valence-electron chi connectivity index (χ1n) is 9.99. The maximum Gasteiger partial charge on any atom is 0.330 e. The summed E-state index contributed by atoms with van der Waals surface area (Å²) in [6, 6.07) is 15.1. The van der Waals surface area contributed by atoms with Crippen molar-refractivity contribution in [3.05, 3.63) is 60.2 Å². The van der Waals surface area contributed by atoms with Crippen molar-refractivity contribution in [1.82, 2.24) is 4.90 Å². The number of hydrogen-bond donors (Lipinski definition) is 1. The second-order valence-corrected chi connectivity index (χ2v) is 6.78. The van der Waals surface area contributed by atoms with E-state index in [0.29, 0.717) is 25.4 Å². The number of piperazine rings is 1. The molecule has 2 amide bonds. The summed E-state index contributed by atoms with van der Waals surface area (Å²) in [5.41, 5.74) is 2.61. The molecule has 3 rings (SSSR count). The quantitative estimate of drug-likeness (QED) is 0.583. The third-order valence-corrected chi connectivity index (χ3v) is 4.85. The molecule has 0 spiro atoms. The van der Waals surface area contributed by atoms with Gasteiger partial charge in [0.25, 0.3) is 0 Å². The first-order valence-corrected chi connectivity index (χ1v) is 9.99. The Labute approximate surface area is 176 Å². The smallest absolute Gasteiger partial charge is 0.330 e. The Bertz CT molecular complexity index is 888. The van der Waals surface area contributed by atoms with Gasteiger partial charge in [0.05, 0.1) is 19.4 Å². The summed E-state index contributed by atoms with van der Waals surface area (Å²) < 4.78 is 10.3. The molecule has 1 saturated heterocycles. The Morgan fingerprint density at radius 1 is 1.03 bits per heavy atom. The van der Waals surface area contributed by atoms with E-state index in [9.17, 15) is 9.59 Å². The SMILES string of the molecule is CCOC(=O)/C=C\c1ccc(NC(=O)N2CCN(c3ccccc3OC)CC2)cc1. The van der Waals surface area contributed by atoms with Crippen molar-refractivity contribution in [2.24, 2.45) is 0 Å². The number of para-hydroxylation sites is 2. The van der Waals surface area contributed by atoms with Crippen molar-refractivity contribution in [2.75, 3.05) is 50.1 Å². The van der Waals surface area contributed by atoms with Crippen molar-refractivity contribution in [1.29, 1.82) is 0 Å². The van der Waals surface area contributed by atoms with Crippen LogP contribution in [0.15, 0.2) is 54.6 Å².